The van der Waals surface area contributed by atoms with Crippen LogP contribution in [0, 0.1) is 5.92 Å². The summed E-state index contributed by atoms with van der Waals surface area (Å²) in [6.45, 7) is 0.640. The fourth-order valence-electron chi connectivity index (χ4n) is 2.17. The number of carboxylic acids is 1. The minimum absolute atomic E-state index is 0.00958. The molecule has 1 amide bonds. The average Bonchev–Trinajstić information content (AvgIpc) is 2.73. The van der Waals surface area contributed by atoms with Gasteiger partial charge in [-0.2, -0.15) is 0 Å². The normalized spacial score (nSPS) is 21.5. The van der Waals surface area contributed by atoms with Gasteiger partial charge >= 0.3 is 5.97 Å². The molecule has 2 atom stereocenters. The zero-order valence-electron chi connectivity index (χ0n) is 9.96. The van der Waals surface area contributed by atoms with Gasteiger partial charge in [0.1, 0.15) is 0 Å². The van der Waals surface area contributed by atoms with Crippen molar-refractivity contribution in [2.24, 2.45) is 5.92 Å². The first-order valence-corrected chi connectivity index (χ1v) is 5.72. The van der Waals surface area contributed by atoms with E-state index in [2.05, 4.69) is 0 Å². The minimum Gasteiger partial charge on any atom is -0.481 e. The number of rotatable bonds is 6. The Labute approximate surface area is 100 Å². The average molecular weight is 245 g/mol. The first-order chi connectivity index (χ1) is 8.10. The number of hydrogen-bond donors (Lipinski definition) is 2. The van der Waals surface area contributed by atoms with Gasteiger partial charge in [-0.25, -0.2) is 0 Å². The van der Waals surface area contributed by atoms with E-state index in [9.17, 15) is 9.59 Å². The smallest absolute Gasteiger partial charge is 0.304 e. The van der Waals surface area contributed by atoms with Gasteiger partial charge in [-0.1, -0.05) is 0 Å². The summed E-state index contributed by atoms with van der Waals surface area (Å²) in [6, 6.07) is 0.00958. The molecule has 2 N–H and O–H groups in total. The predicted octanol–water partition coefficient (Wildman–Crippen LogP) is -0.293. The zero-order chi connectivity index (χ0) is 12.8. The van der Waals surface area contributed by atoms with Crippen LogP contribution in [0.3, 0.4) is 0 Å². The molecule has 0 aromatic rings. The monoisotopic (exact) mass is 245 g/mol. The van der Waals surface area contributed by atoms with Gasteiger partial charge in [-0.05, 0) is 12.8 Å². The maximum atomic E-state index is 12.0. The molecule has 0 saturated carbocycles. The Balaban J connectivity index is 2.62. The number of ether oxygens (including phenoxy) is 1. The predicted molar refractivity (Wildman–Crippen MR) is 59.4 cm³/mol. The van der Waals surface area contributed by atoms with Crippen LogP contribution in [-0.2, 0) is 14.3 Å². The molecule has 0 radical (unpaired) electrons. The highest BCUT2D eigenvalue weighted by Gasteiger charge is 2.33. The summed E-state index contributed by atoms with van der Waals surface area (Å²) in [5.74, 6) is -2.20. The molecule has 6 heteroatoms. The maximum absolute atomic E-state index is 12.0. The highest BCUT2D eigenvalue weighted by molar-refractivity contribution is 5.83. The van der Waals surface area contributed by atoms with Crippen LogP contribution >= 0.6 is 0 Å². The standard InChI is InChI=1S/C11H19NO5/c1-17-7-9-3-2-4-12(9)11(16)8(6-13)5-10(14)15/h8-9,13H,2-7H2,1H3,(H,14,15). The van der Waals surface area contributed by atoms with Gasteiger partial charge in [-0.3, -0.25) is 9.59 Å². The number of carboxylic acid groups (broad SMARTS) is 1. The van der Waals surface area contributed by atoms with Crippen molar-refractivity contribution < 1.29 is 24.5 Å². The number of methoxy groups -OCH3 is 1. The summed E-state index contributed by atoms with van der Waals surface area (Å²) < 4.78 is 5.03. The van der Waals surface area contributed by atoms with Crippen LogP contribution in [0.1, 0.15) is 19.3 Å². The van der Waals surface area contributed by atoms with Crippen molar-refractivity contribution in [1.82, 2.24) is 4.90 Å². The van der Waals surface area contributed by atoms with Crippen molar-refractivity contribution in [3.8, 4) is 0 Å². The Morgan fingerprint density at radius 2 is 2.24 bits per heavy atom. The van der Waals surface area contributed by atoms with Crippen molar-refractivity contribution >= 4 is 11.9 Å². The van der Waals surface area contributed by atoms with Crippen LogP contribution < -0.4 is 0 Å². The second kappa shape index (κ2) is 6.56. The molecule has 0 aromatic heterocycles. The largest absolute Gasteiger partial charge is 0.481 e. The van der Waals surface area contributed by atoms with Crippen molar-refractivity contribution in [1.29, 1.82) is 0 Å². The molecule has 17 heavy (non-hydrogen) atoms. The van der Waals surface area contributed by atoms with Crippen LogP contribution in [0.25, 0.3) is 0 Å². The van der Waals surface area contributed by atoms with E-state index < -0.39 is 18.5 Å². The quantitative estimate of drug-likeness (QED) is 0.671. The second-order valence-electron chi connectivity index (χ2n) is 4.26. The molecule has 1 heterocycles. The molecule has 1 aliphatic rings. The number of aliphatic hydroxyl groups is 1. The third-order valence-electron chi connectivity index (χ3n) is 3.01. The molecule has 2 unspecified atom stereocenters. The molecule has 1 fully saturated rings. The molecule has 1 saturated heterocycles. The van der Waals surface area contributed by atoms with Gasteiger partial charge < -0.3 is 19.8 Å². The number of carbonyl (C=O) groups excluding carboxylic acids is 1. The lowest BCUT2D eigenvalue weighted by Crippen LogP contribution is -2.43. The van der Waals surface area contributed by atoms with E-state index in [4.69, 9.17) is 14.9 Å². The van der Waals surface area contributed by atoms with Crippen LogP contribution in [0.2, 0.25) is 0 Å². The van der Waals surface area contributed by atoms with E-state index in [-0.39, 0.29) is 18.4 Å². The molecule has 0 aliphatic carbocycles. The lowest BCUT2D eigenvalue weighted by Gasteiger charge is -2.27. The summed E-state index contributed by atoms with van der Waals surface area (Å²) in [5, 5.41) is 17.7. The number of carbonyl (C=O) groups is 2. The van der Waals surface area contributed by atoms with Crippen LogP contribution in [-0.4, -0.2) is 59.9 Å². The zero-order valence-corrected chi connectivity index (χ0v) is 9.96. The first-order valence-electron chi connectivity index (χ1n) is 5.72. The van der Waals surface area contributed by atoms with Gasteiger partial charge in [0.2, 0.25) is 5.91 Å². The molecule has 0 aromatic carbocycles. The van der Waals surface area contributed by atoms with Gasteiger partial charge in [0.15, 0.2) is 0 Å². The summed E-state index contributed by atoms with van der Waals surface area (Å²) >= 11 is 0. The SMILES string of the molecule is COCC1CCCN1C(=O)C(CO)CC(=O)O. The summed E-state index contributed by atoms with van der Waals surface area (Å²) in [6.07, 6.45) is 1.43. The Morgan fingerprint density at radius 1 is 1.53 bits per heavy atom. The fourth-order valence-corrected chi connectivity index (χ4v) is 2.17. The van der Waals surface area contributed by atoms with E-state index in [1.54, 1.807) is 12.0 Å². The topological polar surface area (TPSA) is 87.1 Å². The number of nitrogens with zero attached hydrogens (tertiary/aromatic N) is 1. The van der Waals surface area contributed by atoms with Crippen LogP contribution in [0.5, 0.6) is 0 Å². The van der Waals surface area contributed by atoms with Gasteiger partial charge in [0, 0.05) is 13.7 Å². The number of hydrogen-bond acceptors (Lipinski definition) is 4. The highest BCUT2D eigenvalue weighted by Crippen LogP contribution is 2.21. The van der Waals surface area contributed by atoms with E-state index in [1.807, 2.05) is 0 Å². The van der Waals surface area contributed by atoms with Crippen LogP contribution in [0.15, 0.2) is 0 Å². The maximum Gasteiger partial charge on any atom is 0.304 e. The number of aliphatic hydroxyl groups excluding tert-OH is 1. The van der Waals surface area contributed by atoms with E-state index in [0.717, 1.165) is 12.8 Å². The van der Waals surface area contributed by atoms with Crippen molar-refractivity contribution in [3.05, 3.63) is 0 Å². The molecule has 0 spiro atoms. The molecule has 1 rings (SSSR count). The van der Waals surface area contributed by atoms with Gasteiger partial charge in [0.05, 0.1) is 31.6 Å². The fraction of sp³-hybridized carbons (Fsp3) is 0.818. The van der Waals surface area contributed by atoms with Crippen molar-refractivity contribution in [3.63, 3.8) is 0 Å². The Hall–Kier alpha value is -1.14. The number of aliphatic carboxylic acids is 1. The summed E-state index contributed by atoms with van der Waals surface area (Å²) in [5.41, 5.74) is 0. The number of likely N-dealkylation sites (tertiary alicyclic amines) is 1. The Bertz CT molecular complexity index is 281. The molecule has 0 bridgehead atoms. The van der Waals surface area contributed by atoms with E-state index in [1.165, 1.54) is 0 Å². The molecule has 1 aliphatic heterocycles. The lowest BCUT2D eigenvalue weighted by atomic mass is 10.0. The Morgan fingerprint density at radius 3 is 2.76 bits per heavy atom. The second-order valence-corrected chi connectivity index (χ2v) is 4.26. The first kappa shape index (κ1) is 13.9. The molecule has 98 valence electrons. The lowest BCUT2D eigenvalue weighted by molar-refractivity contribution is -0.146. The van der Waals surface area contributed by atoms with E-state index in [0.29, 0.717) is 13.2 Å². The van der Waals surface area contributed by atoms with E-state index >= 15 is 0 Å². The van der Waals surface area contributed by atoms with Crippen molar-refractivity contribution in [2.75, 3.05) is 26.9 Å². The molecule has 6 nitrogen and oxygen atoms in total. The molecular formula is C11H19NO5. The highest BCUT2D eigenvalue weighted by atomic mass is 16.5. The third kappa shape index (κ3) is 3.67. The third-order valence-corrected chi connectivity index (χ3v) is 3.01. The van der Waals surface area contributed by atoms with Crippen molar-refractivity contribution in [2.45, 2.75) is 25.3 Å². The van der Waals surface area contributed by atoms with Gasteiger partial charge in [-0.15, -0.1) is 0 Å². The number of amides is 1. The minimum atomic E-state index is -1.07. The Kier molecular flexibility index (Phi) is 5.37. The molecular weight excluding hydrogens is 226 g/mol. The van der Waals surface area contributed by atoms with Crippen LogP contribution in [0.4, 0.5) is 0 Å². The van der Waals surface area contributed by atoms with Gasteiger partial charge in [0.25, 0.3) is 0 Å². The summed E-state index contributed by atoms with van der Waals surface area (Å²) in [7, 11) is 1.57. The summed E-state index contributed by atoms with van der Waals surface area (Å²) in [4.78, 5) is 24.3.